The second-order valence-corrected chi connectivity index (χ2v) is 7.07. The number of nitrogens with zero attached hydrogens (tertiary/aromatic N) is 1. The lowest BCUT2D eigenvalue weighted by Gasteiger charge is -2.11. The van der Waals surface area contributed by atoms with Crippen LogP contribution >= 0.6 is 22.7 Å². The van der Waals surface area contributed by atoms with E-state index < -0.39 is 0 Å². The molecular weight excluding hydrogens is 368 g/mol. The van der Waals surface area contributed by atoms with E-state index in [-0.39, 0.29) is 12.5 Å². The van der Waals surface area contributed by atoms with Crippen LogP contribution in [0.4, 0.5) is 5.13 Å². The number of carbonyl (C=O) groups excluding carboxylic acids is 1. The molecule has 0 saturated heterocycles. The highest BCUT2D eigenvalue weighted by atomic mass is 32.1. The van der Waals surface area contributed by atoms with Crippen LogP contribution in [0.25, 0.3) is 16.6 Å². The van der Waals surface area contributed by atoms with Crippen molar-refractivity contribution in [3.05, 3.63) is 52.7 Å². The lowest BCUT2D eigenvalue weighted by atomic mass is 10.2. The van der Waals surface area contributed by atoms with Gasteiger partial charge in [-0.1, -0.05) is 24.3 Å². The minimum atomic E-state index is -0.267. The average Bonchev–Trinajstić information content (AvgIpc) is 3.32. The number of allylic oxidation sites excluding steroid dienone is 1. The zero-order valence-corrected chi connectivity index (χ0v) is 16.0. The summed E-state index contributed by atoms with van der Waals surface area (Å²) in [4.78, 5) is 17.6. The summed E-state index contributed by atoms with van der Waals surface area (Å²) in [5, 5.41) is 7.23. The van der Waals surface area contributed by atoms with Crippen LogP contribution in [-0.2, 0) is 4.79 Å². The van der Waals surface area contributed by atoms with Crippen LogP contribution in [0.5, 0.6) is 11.5 Å². The van der Waals surface area contributed by atoms with Gasteiger partial charge in [-0.25, -0.2) is 4.98 Å². The molecular formula is C19H18N2O3S2. The number of carbonyl (C=O) groups is 1. The second kappa shape index (κ2) is 8.64. The molecule has 0 aliphatic rings. The molecule has 1 N–H and O–H groups in total. The molecule has 7 heteroatoms. The Morgan fingerprint density at radius 1 is 1.27 bits per heavy atom. The van der Waals surface area contributed by atoms with Gasteiger partial charge in [0.2, 0.25) is 0 Å². The van der Waals surface area contributed by atoms with Gasteiger partial charge in [-0.05, 0) is 36.1 Å². The molecule has 3 aromatic rings. The highest BCUT2D eigenvalue weighted by molar-refractivity contribution is 7.16. The minimum absolute atomic E-state index is 0.118. The summed E-state index contributed by atoms with van der Waals surface area (Å²) in [5.41, 5.74) is 1.87. The standard InChI is InChI=1S/C19H18N2O3S2/c1-3-5-13-7-8-15(16(10-13)23-2)24-11-18(22)21-19-20-14(12-26-19)17-6-4-9-25-17/h3-10,12H,11H2,1-2H3,(H,20,21,22)/b5-3+. The second-order valence-electron chi connectivity index (χ2n) is 5.26. The fraction of sp³-hybridized carbons (Fsp3) is 0.158. The normalized spacial score (nSPS) is 10.8. The highest BCUT2D eigenvalue weighted by Gasteiger charge is 2.11. The van der Waals surface area contributed by atoms with Gasteiger partial charge in [0, 0.05) is 5.38 Å². The number of amides is 1. The Labute approximate surface area is 159 Å². The minimum Gasteiger partial charge on any atom is -0.493 e. The van der Waals surface area contributed by atoms with E-state index in [1.165, 1.54) is 11.3 Å². The van der Waals surface area contributed by atoms with Crippen LogP contribution in [0.3, 0.4) is 0 Å². The van der Waals surface area contributed by atoms with Crippen molar-refractivity contribution in [2.24, 2.45) is 0 Å². The summed E-state index contributed by atoms with van der Waals surface area (Å²) in [6, 6.07) is 9.53. The Morgan fingerprint density at radius 3 is 2.88 bits per heavy atom. The number of thiophene rings is 1. The van der Waals surface area contributed by atoms with E-state index >= 15 is 0 Å². The summed E-state index contributed by atoms with van der Waals surface area (Å²) in [7, 11) is 1.57. The van der Waals surface area contributed by atoms with Gasteiger partial charge in [-0.2, -0.15) is 0 Å². The molecule has 5 nitrogen and oxygen atoms in total. The number of benzene rings is 1. The summed E-state index contributed by atoms with van der Waals surface area (Å²) in [6.45, 7) is 1.83. The molecule has 1 amide bonds. The molecule has 3 rings (SSSR count). The third kappa shape index (κ3) is 4.50. The molecule has 0 atom stereocenters. The van der Waals surface area contributed by atoms with Gasteiger partial charge >= 0.3 is 0 Å². The molecule has 0 spiro atoms. The number of hydrogen-bond acceptors (Lipinski definition) is 6. The number of rotatable bonds is 7. The summed E-state index contributed by atoms with van der Waals surface area (Å²) in [6.07, 6.45) is 3.91. The first kappa shape index (κ1) is 18.2. The smallest absolute Gasteiger partial charge is 0.264 e. The molecule has 2 heterocycles. The van der Waals surface area contributed by atoms with Crippen LogP contribution in [0.2, 0.25) is 0 Å². The molecule has 2 aromatic heterocycles. The maximum Gasteiger partial charge on any atom is 0.264 e. The maximum atomic E-state index is 12.1. The fourth-order valence-corrected chi connectivity index (χ4v) is 3.75. The van der Waals surface area contributed by atoms with E-state index in [9.17, 15) is 4.79 Å². The molecule has 0 bridgehead atoms. The quantitative estimate of drug-likeness (QED) is 0.625. The third-order valence-corrected chi connectivity index (χ3v) is 5.08. The number of aromatic nitrogens is 1. The van der Waals surface area contributed by atoms with Gasteiger partial charge in [-0.15, -0.1) is 22.7 Å². The maximum absolute atomic E-state index is 12.1. The zero-order chi connectivity index (χ0) is 18.4. The van der Waals surface area contributed by atoms with Crippen LogP contribution in [-0.4, -0.2) is 24.6 Å². The first-order valence-corrected chi connectivity index (χ1v) is 9.68. The lowest BCUT2D eigenvalue weighted by Crippen LogP contribution is -2.20. The monoisotopic (exact) mass is 386 g/mol. The SMILES string of the molecule is C/C=C/c1ccc(OCC(=O)Nc2nc(-c3cccs3)cs2)c(OC)c1. The average molecular weight is 386 g/mol. The fourth-order valence-electron chi connectivity index (χ4n) is 2.27. The van der Waals surface area contributed by atoms with Crippen molar-refractivity contribution in [3.63, 3.8) is 0 Å². The number of anilines is 1. The largest absolute Gasteiger partial charge is 0.493 e. The van der Waals surface area contributed by atoms with Gasteiger partial charge in [0.1, 0.15) is 0 Å². The van der Waals surface area contributed by atoms with Crippen molar-refractivity contribution >= 4 is 39.8 Å². The van der Waals surface area contributed by atoms with Crippen molar-refractivity contribution in [2.75, 3.05) is 19.0 Å². The molecule has 0 unspecified atom stereocenters. The van der Waals surface area contributed by atoms with E-state index in [2.05, 4.69) is 10.3 Å². The number of ether oxygens (including phenoxy) is 2. The Bertz CT molecular complexity index is 901. The van der Waals surface area contributed by atoms with Gasteiger partial charge in [0.05, 0.1) is 17.7 Å². The molecule has 0 aliphatic heterocycles. The van der Waals surface area contributed by atoms with E-state index in [1.807, 2.05) is 54.1 Å². The van der Waals surface area contributed by atoms with Crippen molar-refractivity contribution in [3.8, 4) is 22.1 Å². The van der Waals surface area contributed by atoms with Gasteiger partial charge in [-0.3, -0.25) is 10.1 Å². The Hall–Kier alpha value is -2.64. The van der Waals surface area contributed by atoms with Gasteiger partial charge in [0.15, 0.2) is 23.2 Å². The van der Waals surface area contributed by atoms with Gasteiger partial charge in [0.25, 0.3) is 5.91 Å². The molecule has 0 aliphatic carbocycles. The number of methoxy groups -OCH3 is 1. The van der Waals surface area contributed by atoms with E-state index in [4.69, 9.17) is 9.47 Å². The zero-order valence-electron chi connectivity index (χ0n) is 14.4. The molecule has 0 radical (unpaired) electrons. The Balaban J connectivity index is 1.59. The van der Waals surface area contributed by atoms with Crippen LogP contribution in [0, 0.1) is 0 Å². The van der Waals surface area contributed by atoms with Gasteiger partial charge < -0.3 is 9.47 Å². The summed E-state index contributed by atoms with van der Waals surface area (Å²) >= 11 is 3.00. The van der Waals surface area contributed by atoms with E-state index in [0.717, 1.165) is 16.1 Å². The van der Waals surface area contributed by atoms with Crippen molar-refractivity contribution in [1.29, 1.82) is 0 Å². The van der Waals surface area contributed by atoms with Crippen LogP contribution in [0.15, 0.2) is 47.2 Å². The van der Waals surface area contributed by atoms with E-state index in [0.29, 0.717) is 16.6 Å². The van der Waals surface area contributed by atoms with Crippen LogP contribution in [0.1, 0.15) is 12.5 Å². The highest BCUT2D eigenvalue weighted by Crippen LogP contribution is 2.29. The molecule has 0 saturated carbocycles. The summed E-state index contributed by atoms with van der Waals surface area (Å²) in [5.74, 6) is 0.841. The molecule has 1 aromatic carbocycles. The van der Waals surface area contributed by atoms with Crippen molar-refractivity contribution in [2.45, 2.75) is 6.92 Å². The topological polar surface area (TPSA) is 60.5 Å². The Morgan fingerprint density at radius 2 is 2.15 bits per heavy atom. The van der Waals surface area contributed by atoms with E-state index in [1.54, 1.807) is 24.5 Å². The van der Waals surface area contributed by atoms with Crippen molar-refractivity contribution < 1.29 is 14.3 Å². The predicted molar refractivity (Wildman–Crippen MR) is 107 cm³/mol. The summed E-state index contributed by atoms with van der Waals surface area (Å²) < 4.78 is 10.9. The lowest BCUT2D eigenvalue weighted by molar-refractivity contribution is -0.118. The van der Waals surface area contributed by atoms with Crippen molar-refractivity contribution in [1.82, 2.24) is 4.98 Å². The first-order valence-electron chi connectivity index (χ1n) is 7.92. The molecule has 0 fully saturated rings. The number of hydrogen-bond donors (Lipinski definition) is 1. The molecule has 26 heavy (non-hydrogen) atoms. The predicted octanol–water partition coefficient (Wildman–Crippen LogP) is 4.93. The third-order valence-electron chi connectivity index (χ3n) is 3.43. The molecule has 134 valence electrons. The Kier molecular flexibility index (Phi) is 6.04. The number of nitrogens with one attached hydrogen (secondary N) is 1. The number of thiazole rings is 1. The van der Waals surface area contributed by atoms with Crippen LogP contribution < -0.4 is 14.8 Å². The first-order chi connectivity index (χ1) is 12.7.